The molecule has 0 fully saturated rings. The molecule has 1 aliphatic heterocycles. The summed E-state index contributed by atoms with van der Waals surface area (Å²) >= 11 is 0. The number of hydrogen-bond donors (Lipinski definition) is 2. The molecule has 5 rings (SSSR count). The normalized spacial score (nSPS) is 12.1. The number of rotatable bonds is 4. The molecule has 144 valence electrons. The van der Waals surface area contributed by atoms with Gasteiger partial charge in [-0.3, -0.25) is 0 Å². The molecule has 4 heteroatoms. The zero-order valence-electron chi connectivity index (χ0n) is 16.3. The molecule has 0 saturated heterocycles. The summed E-state index contributed by atoms with van der Waals surface area (Å²) in [6.45, 7) is 0. The maximum atomic E-state index is 7.48. The van der Waals surface area contributed by atoms with E-state index in [1.165, 1.54) is 12.4 Å². The highest BCUT2D eigenvalue weighted by Gasteiger charge is 2.29. The van der Waals surface area contributed by atoms with Crippen LogP contribution in [0.5, 0.6) is 0 Å². The first-order valence-corrected chi connectivity index (χ1v) is 9.79. The molecule has 30 heavy (non-hydrogen) atoms. The number of anilines is 6. The fourth-order valence-corrected chi connectivity index (χ4v) is 3.94. The van der Waals surface area contributed by atoms with Gasteiger partial charge in [-0.05, 0) is 59.7 Å². The van der Waals surface area contributed by atoms with Gasteiger partial charge in [0.1, 0.15) is 0 Å². The van der Waals surface area contributed by atoms with Crippen molar-refractivity contribution in [3.8, 4) is 0 Å². The molecule has 0 unspecified atom stereocenters. The highest BCUT2D eigenvalue weighted by Crippen LogP contribution is 2.53. The molecule has 0 atom stereocenters. The van der Waals surface area contributed by atoms with Crippen molar-refractivity contribution in [3.63, 3.8) is 0 Å². The monoisotopic (exact) mass is 388 g/mol. The lowest BCUT2D eigenvalue weighted by molar-refractivity contribution is 1.17. The molecule has 0 radical (unpaired) electrons. The van der Waals surface area contributed by atoms with Gasteiger partial charge in [0.25, 0.3) is 0 Å². The fourth-order valence-electron chi connectivity index (χ4n) is 3.94. The SMILES string of the molecule is N=Cc1ccc(N2c3ccccc3N(c3ccc(C=N)cc3)c3ccccc32)cc1. The summed E-state index contributed by atoms with van der Waals surface area (Å²) in [5.41, 5.74) is 8.24. The molecule has 0 saturated carbocycles. The van der Waals surface area contributed by atoms with Crippen LogP contribution < -0.4 is 9.80 Å². The van der Waals surface area contributed by atoms with Gasteiger partial charge in [0.05, 0.1) is 22.7 Å². The summed E-state index contributed by atoms with van der Waals surface area (Å²) in [6, 6.07) is 32.9. The summed E-state index contributed by atoms with van der Waals surface area (Å²) in [6.07, 6.45) is 2.73. The van der Waals surface area contributed by atoms with Gasteiger partial charge in [0.15, 0.2) is 0 Å². The first-order chi connectivity index (χ1) is 14.8. The first kappa shape index (κ1) is 17.9. The van der Waals surface area contributed by atoms with Gasteiger partial charge < -0.3 is 20.6 Å². The van der Waals surface area contributed by atoms with Crippen LogP contribution in [0.2, 0.25) is 0 Å². The molecule has 1 aliphatic rings. The average molecular weight is 388 g/mol. The van der Waals surface area contributed by atoms with Gasteiger partial charge in [0, 0.05) is 23.8 Å². The summed E-state index contributed by atoms with van der Waals surface area (Å²) < 4.78 is 0. The molecule has 0 bridgehead atoms. The molecule has 0 amide bonds. The van der Waals surface area contributed by atoms with E-state index < -0.39 is 0 Å². The van der Waals surface area contributed by atoms with Crippen molar-refractivity contribution >= 4 is 46.6 Å². The maximum absolute atomic E-state index is 7.48. The van der Waals surface area contributed by atoms with E-state index >= 15 is 0 Å². The predicted octanol–water partition coefficient (Wildman–Crippen LogP) is 6.93. The number of nitrogens with one attached hydrogen (secondary N) is 2. The van der Waals surface area contributed by atoms with Gasteiger partial charge in [-0.25, -0.2) is 0 Å². The van der Waals surface area contributed by atoms with Crippen LogP contribution in [0.3, 0.4) is 0 Å². The molecular weight excluding hydrogens is 368 g/mol. The fraction of sp³-hybridized carbons (Fsp3) is 0. The average Bonchev–Trinajstić information content (AvgIpc) is 2.82. The zero-order valence-corrected chi connectivity index (χ0v) is 16.3. The van der Waals surface area contributed by atoms with Crippen molar-refractivity contribution in [2.45, 2.75) is 0 Å². The van der Waals surface area contributed by atoms with Gasteiger partial charge >= 0.3 is 0 Å². The molecule has 4 nitrogen and oxygen atoms in total. The lowest BCUT2D eigenvalue weighted by Gasteiger charge is -2.40. The Balaban J connectivity index is 1.73. The Morgan fingerprint density at radius 2 is 0.733 bits per heavy atom. The van der Waals surface area contributed by atoms with Crippen LogP contribution in [-0.2, 0) is 0 Å². The van der Waals surface area contributed by atoms with Crippen LogP contribution >= 0.6 is 0 Å². The van der Waals surface area contributed by atoms with Gasteiger partial charge in [-0.2, -0.15) is 0 Å². The summed E-state index contributed by atoms with van der Waals surface area (Å²) in [7, 11) is 0. The van der Waals surface area contributed by atoms with Crippen LogP contribution in [-0.4, -0.2) is 12.4 Å². The first-order valence-electron chi connectivity index (χ1n) is 9.79. The van der Waals surface area contributed by atoms with Crippen LogP contribution in [0.1, 0.15) is 11.1 Å². The number of para-hydroxylation sites is 4. The van der Waals surface area contributed by atoms with Crippen molar-refractivity contribution in [2.24, 2.45) is 0 Å². The van der Waals surface area contributed by atoms with Crippen molar-refractivity contribution in [3.05, 3.63) is 108 Å². The van der Waals surface area contributed by atoms with Gasteiger partial charge in [-0.15, -0.1) is 0 Å². The third-order valence-electron chi connectivity index (χ3n) is 5.36. The van der Waals surface area contributed by atoms with Crippen LogP contribution in [0.25, 0.3) is 0 Å². The van der Waals surface area contributed by atoms with E-state index in [4.69, 9.17) is 10.8 Å². The van der Waals surface area contributed by atoms with E-state index in [0.717, 1.165) is 45.3 Å². The third-order valence-corrected chi connectivity index (χ3v) is 5.36. The smallest absolute Gasteiger partial charge is 0.0703 e. The predicted molar refractivity (Wildman–Crippen MR) is 125 cm³/mol. The molecular formula is C26H20N4. The number of nitrogens with zero attached hydrogens (tertiary/aromatic N) is 2. The standard InChI is InChI=1S/C26H20N4/c27-17-19-9-13-21(14-10-19)29-23-5-1-2-6-24(23)30(26-8-4-3-7-25(26)29)22-15-11-20(18-28)12-16-22/h1-18,27-28H. The second-order valence-corrected chi connectivity index (χ2v) is 7.12. The van der Waals surface area contributed by atoms with Gasteiger partial charge in [0.2, 0.25) is 0 Å². The lowest BCUT2D eigenvalue weighted by atomic mass is 10.0. The van der Waals surface area contributed by atoms with Crippen LogP contribution in [0, 0.1) is 10.8 Å². The molecule has 1 heterocycles. The minimum atomic E-state index is 0.880. The van der Waals surface area contributed by atoms with E-state index in [1.807, 2.05) is 24.3 Å². The van der Waals surface area contributed by atoms with E-state index in [-0.39, 0.29) is 0 Å². The Morgan fingerprint density at radius 1 is 0.433 bits per heavy atom. The number of fused-ring (bicyclic) bond motifs is 2. The largest absolute Gasteiger partial charge is 0.308 e. The Bertz CT molecular complexity index is 1080. The minimum absolute atomic E-state index is 0.880. The van der Waals surface area contributed by atoms with Crippen LogP contribution in [0.15, 0.2) is 97.1 Å². The lowest BCUT2D eigenvalue weighted by Crippen LogP contribution is -2.23. The Hall–Kier alpha value is -4.18. The van der Waals surface area contributed by atoms with E-state index in [9.17, 15) is 0 Å². The Labute approximate surface area is 175 Å². The topological polar surface area (TPSA) is 54.2 Å². The molecule has 0 aliphatic carbocycles. The molecule has 4 aromatic rings. The summed E-state index contributed by atoms with van der Waals surface area (Å²) in [5.74, 6) is 0. The second-order valence-electron chi connectivity index (χ2n) is 7.12. The molecule has 4 aromatic carbocycles. The van der Waals surface area contributed by atoms with Crippen LogP contribution in [0.4, 0.5) is 34.1 Å². The maximum Gasteiger partial charge on any atom is 0.0703 e. The minimum Gasteiger partial charge on any atom is -0.308 e. The van der Waals surface area contributed by atoms with E-state index in [1.54, 1.807) is 0 Å². The van der Waals surface area contributed by atoms with Crippen molar-refractivity contribution in [2.75, 3.05) is 9.80 Å². The Kier molecular flexibility index (Phi) is 4.37. The molecule has 0 aromatic heterocycles. The quantitative estimate of drug-likeness (QED) is 0.328. The highest BCUT2D eigenvalue weighted by atomic mass is 15.3. The van der Waals surface area contributed by atoms with Crippen molar-refractivity contribution in [1.82, 2.24) is 0 Å². The molecule has 0 spiro atoms. The van der Waals surface area contributed by atoms with E-state index in [2.05, 4.69) is 82.6 Å². The number of benzene rings is 4. The van der Waals surface area contributed by atoms with Gasteiger partial charge in [-0.1, -0.05) is 48.5 Å². The summed E-state index contributed by atoms with van der Waals surface area (Å²) in [4.78, 5) is 4.53. The Morgan fingerprint density at radius 3 is 1.00 bits per heavy atom. The number of hydrogen-bond acceptors (Lipinski definition) is 4. The third kappa shape index (κ3) is 2.86. The molecule has 2 N–H and O–H groups in total. The second kappa shape index (κ2) is 7.33. The highest BCUT2D eigenvalue weighted by molar-refractivity contribution is 6.01. The zero-order chi connectivity index (χ0) is 20.5. The van der Waals surface area contributed by atoms with Crippen molar-refractivity contribution in [1.29, 1.82) is 10.8 Å². The van der Waals surface area contributed by atoms with Crippen molar-refractivity contribution < 1.29 is 0 Å². The van der Waals surface area contributed by atoms with E-state index in [0.29, 0.717) is 0 Å². The summed E-state index contributed by atoms with van der Waals surface area (Å²) in [5, 5.41) is 15.0.